The maximum absolute atomic E-state index is 15.3. The molecule has 8 N–H and O–H groups in total. The molecule has 11 atom stereocenters. The number of aliphatic imine (C=N–C) groups is 2. The minimum atomic E-state index is -1.92. The topological polar surface area (TPSA) is 278 Å². The summed E-state index contributed by atoms with van der Waals surface area (Å²) in [4.78, 5) is 80.4. The molecule has 2 saturated carbocycles. The van der Waals surface area contributed by atoms with Crippen LogP contribution in [0.25, 0.3) is 0 Å². The van der Waals surface area contributed by atoms with Crippen LogP contribution in [0.3, 0.4) is 0 Å². The third-order valence-corrected chi connectivity index (χ3v) is 16.2. The molecule has 0 spiro atoms. The van der Waals surface area contributed by atoms with Crippen LogP contribution in [0.4, 0.5) is 16.2 Å². The number of hydrogen-bond acceptors (Lipinski definition) is 16. The van der Waals surface area contributed by atoms with Crippen molar-refractivity contribution in [3.8, 4) is 11.5 Å². The summed E-state index contributed by atoms with van der Waals surface area (Å²) in [5.74, 6) is -4.71. The van der Waals surface area contributed by atoms with Crippen LogP contribution in [0.5, 0.6) is 11.5 Å². The highest BCUT2D eigenvalue weighted by Gasteiger charge is 2.73. The summed E-state index contributed by atoms with van der Waals surface area (Å²) in [6, 6.07) is 23.9. The van der Waals surface area contributed by atoms with Gasteiger partial charge in [0, 0.05) is 71.1 Å². The number of carbonyl (C=O) groups is 5. The highest BCUT2D eigenvalue weighted by molar-refractivity contribution is 5.96. The number of ether oxygens (including phenoxy) is 4. The Bertz CT molecular complexity index is 2950. The molecule has 4 aromatic carbocycles. The number of phenolic OH excluding ortho intramolecular Hbond substituents is 2. The van der Waals surface area contributed by atoms with Crippen molar-refractivity contribution in [3.05, 3.63) is 130 Å². The Morgan fingerprint density at radius 1 is 0.880 bits per heavy atom. The number of benzene rings is 4. The van der Waals surface area contributed by atoms with Crippen LogP contribution in [-0.2, 0) is 33.3 Å². The van der Waals surface area contributed by atoms with Gasteiger partial charge >= 0.3 is 18.0 Å². The Morgan fingerprint density at radius 3 is 2.11 bits per heavy atom. The number of esters is 2. The second-order valence-corrected chi connectivity index (χ2v) is 21.1. The number of nitrogens with two attached hydrogens (primary N) is 1. The molecule has 1 aliphatic heterocycles. The van der Waals surface area contributed by atoms with E-state index in [2.05, 4.69) is 20.6 Å². The van der Waals surface area contributed by atoms with Gasteiger partial charge < -0.3 is 50.4 Å². The number of nitrogens with one attached hydrogen (secondary N) is 2. The number of hydrogen-bond donors (Lipinski definition) is 7. The number of aliphatic hydroxyl groups is 2. The molecule has 3 fully saturated rings. The zero-order valence-electron chi connectivity index (χ0n) is 43.0. The molecular formula is C57H65N5O13. The number of aliphatic hydroxyl groups excluding tert-OH is 1. The molecule has 396 valence electrons. The molecule has 3 unspecified atom stereocenters. The number of carbonyl (C=O) groups excluding carboxylic acids is 5. The van der Waals surface area contributed by atoms with Crippen molar-refractivity contribution in [3.63, 3.8) is 0 Å². The van der Waals surface area contributed by atoms with Crippen molar-refractivity contribution < 1.29 is 63.3 Å². The lowest BCUT2D eigenvalue weighted by Gasteiger charge is -2.68. The van der Waals surface area contributed by atoms with Crippen molar-refractivity contribution in [2.75, 3.05) is 30.7 Å². The number of rotatable bonds is 14. The quantitative estimate of drug-likeness (QED) is 0.0133. The summed E-state index contributed by atoms with van der Waals surface area (Å²) in [5.41, 5.74) is 2.86. The molecule has 18 nitrogen and oxygen atoms in total. The molecular weight excluding hydrogens is 963 g/mol. The molecule has 0 aromatic heterocycles. The van der Waals surface area contributed by atoms with E-state index in [0.717, 1.165) is 0 Å². The monoisotopic (exact) mass is 1030 g/mol. The van der Waals surface area contributed by atoms with E-state index < -0.39 is 100.0 Å². The molecule has 2 amide bonds. The zero-order chi connectivity index (χ0) is 54.2. The van der Waals surface area contributed by atoms with Gasteiger partial charge in [0.05, 0.1) is 42.9 Å². The largest absolute Gasteiger partial charge is 0.507 e. The number of nitrogen functional groups attached to an aromatic ring is 1. The van der Waals surface area contributed by atoms with E-state index in [9.17, 15) is 34.8 Å². The fourth-order valence-corrected chi connectivity index (χ4v) is 12.2. The van der Waals surface area contributed by atoms with Crippen LogP contribution in [-0.4, -0.2) is 118 Å². The van der Waals surface area contributed by atoms with E-state index in [1.807, 2.05) is 13.8 Å². The van der Waals surface area contributed by atoms with E-state index in [4.69, 9.17) is 24.7 Å². The molecule has 2 bridgehead atoms. The van der Waals surface area contributed by atoms with Crippen LogP contribution in [0.15, 0.2) is 118 Å². The summed E-state index contributed by atoms with van der Waals surface area (Å²) in [6.07, 6.45) is -4.85. The lowest BCUT2D eigenvalue weighted by molar-refractivity contribution is -0.302. The van der Waals surface area contributed by atoms with Gasteiger partial charge in [-0.15, -0.1) is 0 Å². The van der Waals surface area contributed by atoms with Gasteiger partial charge in [0.15, 0.2) is 11.9 Å². The van der Waals surface area contributed by atoms with Gasteiger partial charge in [-0.05, 0) is 90.9 Å². The Morgan fingerprint density at radius 2 is 1.49 bits per heavy atom. The first-order chi connectivity index (χ1) is 35.5. The fourth-order valence-electron chi connectivity index (χ4n) is 12.2. The number of phenols is 2. The minimum absolute atomic E-state index is 0.0178. The first kappa shape index (κ1) is 53.9. The third-order valence-electron chi connectivity index (χ3n) is 16.2. The van der Waals surface area contributed by atoms with E-state index in [1.54, 1.807) is 100 Å². The Labute approximate surface area is 435 Å². The smallest absolute Gasteiger partial charge is 0.412 e. The minimum Gasteiger partial charge on any atom is -0.507 e. The highest BCUT2D eigenvalue weighted by atomic mass is 16.6. The molecule has 3 aliphatic carbocycles. The standard InChI is InChI=1S/C57H65N5O13/c1-31-42(27-57(71)32(2)49-55(6)30-72-44(55)26-43(66)56(49,7)50(67)47(73-33(3)63)45(31)54(57,4)5)74-52(69)48(46(34-14-10-8-11-15-34)62-51(68)35-16-12-9-13-17-35)75-53(70)61-39-19-21-41(65)37(25-39)29-60-23-22-59-28-36-24-38(58)18-20-40(36)64/h8-21,24-25,28-29,32,42-44,46-49,64-66,71H,22-23,26-27,30,58H2,1-7H3,(H,61,70)(H,62,68)/t32?,42-,43-,44+,46-,47?,48+,49?,55+,56+,57+/m0/s1. The van der Waals surface area contributed by atoms with Gasteiger partial charge in [0.2, 0.25) is 6.10 Å². The number of anilines is 2. The average Bonchev–Trinajstić information content (AvgIpc) is 3.39. The lowest BCUT2D eigenvalue weighted by atomic mass is 9.40. The number of nitrogens with zero attached hydrogens (tertiary/aromatic N) is 2. The maximum Gasteiger partial charge on any atom is 0.412 e. The number of aromatic hydroxyl groups is 2. The average molecular weight is 1030 g/mol. The molecule has 75 heavy (non-hydrogen) atoms. The highest BCUT2D eigenvalue weighted by Crippen LogP contribution is 2.67. The number of Topliss-reactive ketones (excluding diaryl/α,β-unsaturated/α-hetero) is 1. The predicted octanol–water partition coefficient (Wildman–Crippen LogP) is 6.64. The van der Waals surface area contributed by atoms with Gasteiger partial charge in [-0.3, -0.25) is 29.7 Å². The normalized spacial score (nSPS) is 28.6. The van der Waals surface area contributed by atoms with Gasteiger partial charge in [0.25, 0.3) is 5.91 Å². The van der Waals surface area contributed by atoms with Gasteiger partial charge in [0.1, 0.15) is 23.6 Å². The van der Waals surface area contributed by atoms with Crippen LogP contribution in [0.1, 0.15) is 94.4 Å². The molecule has 1 heterocycles. The zero-order valence-corrected chi connectivity index (χ0v) is 43.0. The molecule has 4 aromatic rings. The number of fused-ring (bicyclic) bond motifs is 5. The van der Waals surface area contributed by atoms with Crippen molar-refractivity contribution >= 4 is 53.5 Å². The van der Waals surface area contributed by atoms with Crippen molar-refractivity contribution in [2.45, 2.75) is 103 Å². The molecule has 4 aliphatic rings. The van der Waals surface area contributed by atoms with E-state index in [1.165, 1.54) is 43.6 Å². The van der Waals surface area contributed by atoms with Crippen molar-refractivity contribution in [1.29, 1.82) is 0 Å². The lowest BCUT2D eigenvalue weighted by Crippen LogP contribution is -2.75. The van der Waals surface area contributed by atoms with E-state index in [-0.39, 0.29) is 66.4 Å². The fraction of sp³-hybridized carbons (Fsp3) is 0.421. The first-order valence-electron chi connectivity index (χ1n) is 25.0. The number of amides is 2. The maximum atomic E-state index is 15.3. The molecule has 18 heteroatoms. The third kappa shape index (κ3) is 10.1. The summed E-state index contributed by atoms with van der Waals surface area (Å²) in [5, 5.41) is 51.7. The van der Waals surface area contributed by atoms with Crippen LogP contribution in [0, 0.1) is 28.1 Å². The Kier molecular flexibility index (Phi) is 15.1. The molecule has 0 radical (unpaired) electrons. The molecule has 1 saturated heterocycles. The van der Waals surface area contributed by atoms with E-state index >= 15 is 9.59 Å². The summed E-state index contributed by atoms with van der Waals surface area (Å²) in [6.45, 7) is 12.5. The van der Waals surface area contributed by atoms with Gasteiger partial charge in [-0.25, -0.2) is 9.59 Å². The molecule has 8 rings (SSSR count). The van der Waals surface area contributed by atoms with Crippen molar-refractivity contribution in [1.82, 2.24) is 5.32 Å². The van der Waals surface area contributed by atoms with Crippen LogP contribution < -0.4 is 16.4 Å². The van der Waals surface area contributed by atoms with Crippen LogP contribution >= 0.6 is 0 Å². The van der Waals surface area contributed by atoms with Gasteiger partial charge in [-0.1, -0.05) is 76.2 Å². The van der Waals surface area contributed by atoms with Gasteiger partial charge in [-0.2, -0.15) is 0 Å². The second kappa shape index (κ2) is 21.1. The SMILES string of the molecule is CC(=O)OC1C(=O)[C@@]2(C)C(C(C)[C@]3(O)C[C@H](OC(=O)[C@H](OC(=O)Nc4ccc(O)c(C=NCCN=Cc5cc(N)ccc5O)c4)[C@@H](NC(=O)c4ccccc4)c4ccccc4)C(C)=C1C3(C)C)[C@]1(C)CO[C@@H]1C[C@@H]2O. The van der Waals surface area contributed by atoms with E-state index in [0.29, 0.717) is 22.4 Å². The van der Waals surface area contributed by atoms with Crippen LogP contribution in [0.2, 0.25) is 0 Å². The summed E-state index contributed by atoms with van der Waals surface area (Å²) in [7, 11) is 0. The second-order valence-electron chi connectivity index (χ2n) is 21.1. The Balaban J connectivity index is 1.13. The summed E-state index contributed by atoms with van der Waals surface area (Å²) < 4.78 is 24.4. The number of ketones is 1. The van der Waals surface area contributed by atoms with Crippen molar-refractivity contribution in [2.24, 2.45) is 38.1 Å². The Hall–Kier alpha value is -7.41. The summed E-state index contributed by atoms with van der Waals surface area (Å²) >= 11 is 0. The predicted molar refractivity (Wildman–Crippen MR) is 278 cm³/mol. The first-order valence-corrected chi connectivity index (χ1v) is 25.0.